The molecule has 1 atom stereocenters. The van der Waals surface area contributed by atoms with E-state index in [1.54, 1.807) is 15.6 Å². The van der Waals surface area contributed by atoms with Crippen LogP contribution in [0.25, 0.3) is 0 Å². The molecule has 1 aromatic carbocycles. The lowest BCUT2D eigenvalue weighted by atomic mass is 10.1. The summed E-state index contributed by atoms with van der Waals surface area (Å²) >= 11 is 0. The van der Waals surface area contributed by atoms with Crippen molar-refractivity contribution in [3.05, 3.63) is 59.2 Å². The van der Waals surface area contributed by atoms with Crippen LogP contribution in [0.2, 0.25) is 0 Å². The molecule has 2 aromatic heterocycles. The molecule has 2 aliphatic heterocycles. The molecule has 4 heterocycles. The lowest BCUT2D eigenvalue weighted by Crippen LogP contribution is -2.26. The fourth-order valence-corrected chi connectivity index (χ4v) is 3.99. The van der Waals surface area contributed by atoms with Gasteiger partial charge in [0.2, 0.25) is 0 Å². The van der Waals surface area contributed by atoms with Gasteiger partial charge in [0.25, 0.3) is 0 Å². The summed E-state index contributed by atoms with van der Waals surface area (Å²) in [4.78, 5) is 15.1. The molecule has 1 saturated heterocycles. The van der Waals surface area contributed by atoms with Crippen LogP contribution < -0.4 is 9.80 Å². The number of amides is 1. The maximum Gasteiger partial charge on any atom is 0.414 e. The molecule has 8 nitrogen and oxygen atoms in total. The van der Waals surface area contributed by atoms with Crippen LogP contribution in [0.4, 0.5) is 25.0 Å². The normalized spacial score (nSPS) is 18.2. The van der Waals surface area contributed by atoms with Crippen LogP contribution >= 0.6 is 0 Å². The highest BCUT2D eigenvalue weighted by Crippen LogP contribution is 2.35. The van der Waals surface area contributed by atoms with E-state index >= 15 is 0 Å². The van der Waals surface area contributed by atoms with Gasteiger partial charge in [0.05, 0.1) is 35.9 Å². The second-order valence-corrected chi connectivity index (χ2v) is 7.51. The second-order valence-electron chi connectivity index (χ2n) is 7.51. The SMILES string of the molecule is Cn1cc2c(n1)CN(c1ccc(N3C[C@H](CCc4ccon4)OC3=O)c(F)c1F)C2. The molecular weight excluding hydrogens is 396 g/mol. The van der Waals surface area contributed by atoms with Gasteiger partial charge in [-0.15, -0.1) is 0 Å². The second kappa shape index (κ2) is 7.12. The first kappa shape index (κ1) is 18.6. The fraction of sp³-hybridized carbons (Fsp3) is 0.350. The molecule has 0 unspecified atom stereocenters. The summed E-state index contributed by atoms with van der Waals surface area (Å²) in [6, 6.07) is 4.65. The van der Waals surface area contributed by atoms with Crippen molar-refractivity contribution in [2.45, 2.75) is 32.0 Å². The third kappa shape index (κ3) is 3.17. The van der Waals surface area contributed by atoms with Gasteiger partial charge in [0, 0.05) is 31.4 Å². The van der Waals surface area contributed by atoms with Crippen molar-refractivity contribution in [2.24, 2.45) is 7.05 Å². The zero-order valence-electron chi connectivity index (χ0n) is 16.2. The molecule has 1 fully saturated rings. The molecular formula is C20H19F2N5O3. The number of hydrogen-bond acceptors (Lipinski definition) is 6. The summed E-state index contributed by atoms with van der Waals surface area (Å²) in [6.07, 6.45) is 3.29. The van der Waals surface area contributed by atoms with Crippen LogP contribution in [0.1, 0.15) is 23.4 Å². The average Bonchev–Trinajstić information content (AvgIpc) is 3.47. The van der Waals surface area contributed by atoms with Crippen molar-refractivity contribution in [2.75, 3.05) is 16.3 Å². The molecule has 30 heavy (non-hydrogen) atoms. The van der Waals surface area contributed by atoms with Crippen molar-refractivity contribution in [1.29, 1.82) is 0 Å². The number of carbonyl (C=O) groups excluding carboxylic acids is 1. The maximum atomic E-state index is 14.9. The Morgan fingerprint density at radius 2 is 1.97 bits per heavy atom. The Bertz CT molecular complexity index is 1070. The number of fused-ring (bicyclic) bond motifs is 1. The van der Waals surface area contributed by atoms with Gasteiger partial charge in [0.1, 0.15) is 12.4 Å². The molecule has 0 spiro atoms. The van der Waals surface area contributed by atoms with Gasteiger partial charge in [-0.1, -0.05) is 5.16 Å². The van der Waals surface area contributed by atoms with Gasteiger partial charge >= 0.3 is 6.09 Å². The number of carbonyl (C=O) groups is 1. The highest BCUT2D eigenvalue weighted by atomic mass is 19.2. The maximum absolute atomic E-state index is 14.9. The van der Waals surface area contributed by atoms with Crippen LogP contribution in [0.3, 0.4) is 0 Å². The van der Waals surface area contributed by atoms with E-state index < -0.39 is 23.8 Å². The summed E-state index contributed by atoms with van der Waals surface area (Å²) in [6.45, 7) is 1.00. The first-order valence-electron chi connectivity index (χ1n) is 9.61. The highest BCUT2D eigenvalue weighted by Gasteiger charge is 2.35. The monoisotopic (exact) mass is 415 g/mol. The fourth-order valence-electron chi connectivity index (χ4n) is 3.99. The minimum absolute atomic E-state index is 0.124. The summed E-state index contributed by atoms with van der Waals surface area (Å²) < 4.78 is 41.6. The molecule has 3 aromatic rings. The van der Waals surface area contributed by atoms with Crippen molar-refractivity contribution >= 4 is 17.5 Å². The molecule has 0 radical (unpaired) electrons. The molecule has 5 rings (SSSR count). The molecule has 1 amide bonds. The van der Waals surface area contributed by atoms with Crippen LogP contribution in [-0.4, -0.2) is 33.7 Å². The number of halogens is 2. The lowest BCUT2D eigenvalue weighted by molar-refractivity contribution is 0.136. The smallest absolute Gasteiger partial charge is 0.414 e. The van der Waals surface area contributed by atoms with Crippen LogP contribution in [0.5, 0.6) is 0 Å². The molecule has 0 N–H and O–H groups in total. The number of hydrogen-bond donors (Lipinski definition) is 0. The standard InChI is InChI=1S/C20H19F2N5O3/c1-25-8-12-9-26(11-15(12)23-25)16-4-5-17(19(22)18(16)21)27-10-14(30-20(27)28)3-2-13-6-7-29-24-13/h4-8,14H,2-3,9-11H2,1H3/t14-/m0/s1. The Labute approximate surface area is 170 Å². The van der Waals surface area contributed by atoms with Gasteiger partial charge in [-0.25, -0.2) is 13.6 Å². The third-order valence-electron chi connectivity index (χ3n) is 5.45. The van der Waals surface area contributed by atoms with Gasteiger partial charge in [-0.05, 0) is 25.0 Å². The zero-order valence-corrected chi connectivity index (χ0v) is 16.2. The predicted molar refractivity (Wildman–Crippen MR) is 102 cm³/mol. The average molecular weight is 415 g/mol. The third-order valence-corrected chi connectivity index (χ3v) is 5.45. The van der Waals surface area contributed by atoms with Gasteiger partial charge in [-0.2, -0.15) is 5.10 Å². The van der Waals surface area contributed by atoms with Gasteiger partial charge in [-0.3, -0.25) is 9.58 Å². The number of rotatable bonds is 5. The van der Waals surface area contributed by atoms with Crippen molar-refractivity contribution < 1.29 is 22.8 Å². The van der Waals surface area contributed by atoms with Crippen LogP contribution in [0, 0.1) is 11.6 Å². The number of aryl methyl sites for hydroxylation is 2. The van der Waals surface area contributed by atoms with Gasteiger partial charge in [0.15, 0.2) is 11.6 Å². The van der Waals surface area contributed by atoms with Crippen LogP contribution in [0.15, 0.2) is 35.2 Å². The number of benzene rings is 1. The Morgan fingerprint density at radius 3 is 2.73 bits per heavy atom. The summed E-state index contributed by atoms with van der Waals surface area (Å²) in [5, 5.41) is 8.15. The number of cyclic esters (lactones) is 1. The largest absolute Gasteiger partial charge is 0.444 e. The first-order valence-corrected chi connectivity index (χ1v) is 9.61. The van der Waals surface area contributed by atoms with E-state index in [9.17, 15) is 13.6 Å². The van der Waals surface area contributed by atoms with Crippen LogP contribution in [-0.2, 0) is 31.3 Å². The molecule has 156 valence electrons. The van der Waals surface area contributed by atoms with E-state index in [0.29, 0.717) is 25.9 Å². The van der Waals surface area contributed by atoms with E-state index in [4.69, 9.17) is 9.26 Å². The molecule has 10 heteroatoms. The minimum Gasteiger partial charge on any atom is -0.444 e. The van der Waals surface area contributed by atoms with Gasteiger partial charge < -0.3 is 14.2 Å². The molecule has 2 aliphatic rings. The Balaban J connectivity index is 1.31. The number of anilines is 2. The molecule has 0 aliphatic carbocycles. The van der Waals surface area contributed by atoms with Crippen molar-refractivity contribution in [3.63, 3.8) is 0 Å². The topological polar surface area (TPSA) is 76.6 Å². The Hall–Kier alpha value is -3.43. The quantitative estimate of drug-likeness (QED) is 0.637. The first-order chi connectivity index (χ1) is 14.5. The van der Waals surface area contributed by atoms with Crippen molar-refractivity contribution in [3.8, 4) is 0 Å². The van der Waals surface area contributed by atoms with E-state index in [2.05, 4.69) is 10.3 Å². The summed E-state index contributed by atoms with van der Waals surface area (Å²) in [5.74, 6) is -2.05. The zero-order chi connectivity index (χ0) is 20.8. The number of nitrogens with zero attached hydrogens (tertiary/aromatic N) is 5. The number of ether oxygens (including phenoxy) is 1. The minimum atomic E-state index is -1.06. The summed E-state index contributed by atoms with van der Waals surface area (Å²) in [5.41, 5.74) is 2.60. The highest BCUT2D eigenvalue weighted by molar-refractivity contribution is 5.90. The van der Waals surface area contributed by atoms with E-state index in [1.807, 2.05) is 13.2 Å². The Kier molecular flexibility index (Phi) is 4.41. The summed E-state index contributed by atoms with van der Waals surface area (Å²) in [7, 11) is 1.83. The molecule has 0 saturated carbocycles. The Morgan fingerprint density at radius 1 is 1.17 bits per heavy atom. The van der Waals surface area contributed by atoms with E-state index in [1.165, 1.54) is 18.4 Å². The predicted octanol–water partition coefficient (Wildman–Crippen LogP) is 3.16. The number of aromatic nitrogens is 3. The van der Waals surface area contributed by atoms with Crippen molar-refractivity contribution in [1.82, 2.24) is 14.9 Å². The van der Waals surface area contributed by atoms with E-state index in [-0.39, 0.29) is 17.9 Å². The van der Waals surface area contributed by atoms with E-state index in [0.717, 1.165) is 21.9 Å². The molecule has 0 bridgehead atoms. The lowest BCUT2D eigenvalue weighted by Gasteiger charge is -2.21.